The minimum atomic E-state index is -0.346. The van der Waals surface area contributed by atoms with Crippen molar-refractivity contribution in [1.82, 2.24) is 0 Å². The largest absolute Gasteiger partial charge is 0.465 e. The van der Waals surface area contributed by atoms with E-state index in [1.807, 2.05) is 0 Å². The minimum Gasteiger partial charge on any atom is -0.465 e. The number of esters is 2. The Morgan fingerprint density at radius 1 is 0.744 bits per heavy atom. The van der Waals surface area contributed by atoms with Gasteiger partial charge in [0.15, 0.2) is 0 Å². The molecule has 4 saturated carbocycles. The lowest BCUT2D eigenvalue weighted by Crippen LogP contribution is -2.45. The van der Waals surface area contributed by atoms with E-state index in [9.17, 15) is 14.7 Å². The maximum atomic E-state index is 12.5. The van der Waals surface area contributed by atoms with Crippen LogP contribution >= 0.6 is 0 Å². The summed E-state index contributed by atoms with van der Waals surface area (Å²) in [6.45, 7) is 2.32. The summed E-state index contributed by atoms with van der Waals surface area (Å²) in [5.41, 5.74) is 0. The summed E-state index contributed by atoms with van der Waals surface area (Å²) in [6, 6.07) is 0. The molecule has 4 fully saturated rings. The predicted molar refractivity (Wildman–Crippen MR) is 157 cm³/mol. The van der Waals surface area contributed by atoms with Crippen molar-refractivity contribution >= 4 is 11.9 Å². The van der Waals surface area contributed by atoms with Gasteiger partial charge in [-0.25, -0.2) is 0 Å². The second-order valence-corrected chi connectivity index (χ2v) is 12.7. The van der Waals surface area contributed by atoms with Crippen molar-refractivity contribution < 1.29 is 24.2 Å². The zero-order valence-electron chi connectivity index (χ0n) is 24.7. The quantitative estimate of drug-likeness (QED) is 0.0901. The van der Waals surface area contributed by atoms with Gasteiger partial charge in [-0.05, 0) is 100 Å². The van der Waals surface area contributed by atoms with E-state index in [1.165, 1.54) is 70.6 Å². The van der Waals surface area contributed by atoms with E-state index in [0.717, 1.165) is 43.9 Å². The molecule has 222 valence electrons. The molecular formula is C34H56O5. The number of carbonyl (C=O) groups excluding carboxylic acids is 2. The third kappa shape index (κ3) is 12.2. The number of aliphatic hydroxyl groups is 1. The Bertz CT molecular complexity index is 729. The fourth-order valence-corrected chi connectivity index (χ4v) is 7.35. The SMILES string of the molecule is CCCCC/C=C\C/C=C\CCCCCCCC(=O)OCC(CO)COC(=O)CC1C2CC3CC(C2)CC1C3. The van der Waals surface area contributed by atoms with Crippen LogP contribution in [0.15, 0.2) is 24.3 Å². The molecule has 5 heteroatoms. The first-order chi connectivity index (χ1) is 19.1. The van der Waals surface area contributed by atoms with E-state index in [0.29, 0.717) is 30.6 Å². The van der Waals surface area contributed by atoms with Crippen LogP contribution in [0.3, 0.4) is 0 Å². The highest BCUT2D eigenvalue weighted by atomic mass is 16.5. The van der Waals surface area contributed by atoms with E-state index in [1.54, 1.807) is 0 Å². The van der Waals surface area contributed by atoms with Crippen LogP contribution in [0, 0.1) is 35.5 Å². The molecular weight excluding hydrogens is 488 g/mol. The molecule has 0 aliphatic heterocycles. The average molecular weight is 545 g/mol. The molecule has 4 aliphatic carbocycles. The first-order valence-corrected chi connectivity index (χ1v) is 16.3. The lowest BCUT2D eigenvalue weighted by atomic mass is 9.51. The van der Waals surface area contributed by atoms with Gasteiger partial charge in [0.1, 0.15) is 0 Å². The van der Waals surface area contributed by atoms with Gasteiger partial charge in [-0.1, -0.05) is 63.3 Å². The molecule has 4 aliphatic rings. The van der Waals surface area contributed by atoms with Gasteiger partial charge in [-0.15, -0.1) is 0 Å². The lowest BCUT2D eigenvalue weighted by molar-refractivity contribution is -0.153. The van der Waals surface area contributed by atoms with E-state index in [2.05, 4.69) is 31.2 Å². The number of carbonyl (C=O) groups is 2. The van der Waals surface area contributed by atoms with Gasteiger partial charge in [0.2, 0.25) is 0 Å². The van der Waals surface area contributed by atoms with Gasteiger partial charge in [0.05, 0.1) is 25.7 Å². The Morgan fingerprint density at radius 2 is 1.31 bits per heavy atom. The van der Waals surface area contributed by atoms with Crippen LogP contribution in [0.2, 0.25) is 0 Å². The topological polar surface area (TPSA) is 72.8 Å². The Hall–Kier alpha value is -1.62. The fourth-order valence-electron chi connectivity index (χ4n) is 7.35. The Balaban J connectivity index is 1.14. The van der Waals surface area contributed by atoms with Crippen LogP contribution in [0.5, 0.6) is 0 Å². The van der Waals surface area contributed by atoms with E-state index in [-0.39, 0.29) is 37.7 Å². The molecule has 39 heavy (non-hydrogen) atoms. The maximum absolute atomic E-state index is 12.5. The highest BCUT2D eigenvalue weighted by molar-refractivity contribution is 5.70. The molecule has 0 saturated heterocycles. The normalized spacial score (nSPS) is 26.5. The van der Waals surface area contributed by atoms with Gasteiger partial charge in [0.25, 0.3) is 0 Å². The smallest absolute Gasteiger partial charge is 0.306 e. The van der Waals surface area contributed by atoms with Crippen molar-refractivity contribution in [3.8, 4) is 0 Å². The summed E-state index contributed by atoms with van der Waals surface area (Å²) in [5.74, 6) is 2.98. The molecule has 1 unspecified atom stereocenters. The van der Waals surface area contributed by atoms with Gasteiger partial charge in [-0.2, -0.15) is 0 Å². The van der Waals surface area contributed by atoms with Gasteiger partial charge >= 0.3 is 11.9 Å². The standard InChI is InChI=1S/C34H56O5/c1-2-3-4-5-6-7-8-9-10-11-12-13-14-15-16-17-33(36)38-25-29(24-35)26-39-34(37)23-32-30-19-27-18-28(21-30)22-31(32)20-27/h6-7,9-10,27-32,35H,2-5,8,11-26H2,1H3/b7-6-,10-9-. The first kappa shape index (κ1) is 31.9. The maximum Gasteiger partial charge on any atom is 0.306 e. The van der Waals surface area contributed by atoms with Gasteiger partial charge in [0, 0.05) is 12.8 Å². The van der Waals surface area contributed by atoms with Gasteiger partial charge in [-0.3, -0.25) is 9.59 Å². The van der Waals surface area contributed by atoms with E-state index in [4.69, 9.17) is 9.47 Å². The predicted octanol–water partition coefficient (Wildman–Crippen LogP) is 7.96. The summed E-state index contributed by atoms with van der Waals surface area (Å²) >= 11 is 0. The molecule has 0 spiro atoms. The Labute approximate surface area is 238 Å². The molecule has 0 aromatic rings. The molecule has 5 nitrogen and oxygen atoms in total. The number of unbranched alkanes of at least 4 members (excludes halogenated alkanes) is 8. The summed E-state index contributed by atoms with van der Waals surface area (Å²) in [6.07, 6.45) is 29.3. The number of ether oxygens (including phenoxy) is 2. The van der Waals surface area contributed by atoms with E-state index >= 15 is 0 Å². The highest BCUT2D eigenvalue weighted by Crippen LogP contribution is 2.57. The third-order valence-corrected chi connectivity index (χ3v) is 9.37. The van der Waals surface area contributed by atoms with Crippen LogP contribution in [0.4, 0.5) is 0 Å². The molecule has 4 bridgehead atoms. The van der Waals surface area contributed by atoms with Crippen molar-refractivity contribution in [2.45, 2.75) is 122 Å². The number of hydrogen-bond donors (Lipinski definition) is 1. The first-order valence-electron chi connectivity index (χ1n) is 16.3. The van der Waals surface area contributed by atoms with E-state index < -0.39 is 0 Å². The molecule has 1 N–H and O–H groups in total. The Kier molecular flexibility index (Phi) is 15.3. The fraction of sp³-hybridized carbons (Fsp3) is 0.824. The molecule has 4 rings (SSSR count). The number of rotatable bonds is 21. The third-order valence-electron chi connectivity index (χ3n) is 9.37. The zero-order chi connectivity index (χ0) is 27.7. The summed E-state index contributed by atoms with van der Waals surface area (Å²) in [4.78, 5) is 24.7. The van der Waals surface area contributed by atoms with Gasteiger partial charge < -0.3 is 14.6 Å². The number of allylic oxidation sites excluding steroid dienone is 4. The second-order valence-electron chi connectivity index (χ2n) is 12.7. The minimum absolute atomic E-state index is 0.112. The molecule has 0 heterocycles. The van der Waals surface area contributed by atoms with Crippen molar-refractivity contribution in [1.29, 1.82) is 0 Å². The van der Waals surface area contributed by atoms with Crippen molar-refractivity contribution in [2.24, 2.45) is 35.5 Å². The molecule has 0 radical (unpaired) electrons. The number of hydrogen-bond acceptors (Lipinski definition) is 5. The summed E-state index contributed by atoms with van der Waals surface area (Å²) in [7, 11) is 0. The van der Waals surface area contributed by atoms with Crippen LogP contribution in [-0.4, -0.2) is 36.9 Å². The van der Waals surface area contributed by atoms with Crippen LogP contribution in [0.1, 0.15) is 122 Å². The van der Waals surface area contributed by atoms with Crippen LogP contribution in [-0.2, 0) is 19.1 Å². The average Bonchev–Trinajstić information content (AvgIpc) is 2.92. The molecule has 0 aromatic carbocycles. The Morgan fingerprint density at radius 3 is 1.92 bits per heavy atom. The van der Waals surface area contributed by atoms with Crippen molar-refractivity contribution in [2.75, 3.05) is 19.8 Å². The highest BCUT2D eigenvalue weighted by Gasteiger charge is 2.48. The molecule has 1 atom stereocenters. The van der Waals surface area contributed by atoms with Crippen LogP contribution < -0.4 is 0 Å². The van der Waals surface area contributed by atoms with Crippen LogP contribution in [0.25, 0.3) is 0 Å². The number of aliphatic hydroxyl groups excluding tert-OH is 1. The van der Waals surface area contributed by atoms with Crippen molar-refractivity contribution in [3.05, 3.63) is 24.3 Å². The summed E-state index contributed by atoms with van der Waals surface area (Å²) < 4.78 is 10.9. The molecule has 0 aromatic heterocycles. The lowest BCUT2D eigenvalue weighted by Gasteiger charge is -2.54. The second kappa shape index (κ2) is 18.7. The van der Waals surface area contributed by atoms with Crippen molar-refractivity contribution in [3.63, 3.8) is 0 Å². The molecule has 0 amide bonds. The zero-order valence-corrected chi connectivity index (χ0v) is 24.7. The summed E-state index contributed by atoms with van der Waals surface area (Å²) in [5, 5.41) is 9.66. The monoisotopic (exact) mass is 544 g/mol.